The maximum absolute atomic E-state index is 13.6. The van der Waals surface area contributed by atoms with E-state index in [0.717, 1.165) is 5.56 Å². The summed E-state index contributed by atoms with van der Waals surface area (Å²) in [6, 6.07) is 6.39. The largest absolute Gasteiger partial charge is 0.371 e. The molecule has 0 radical (unpaired) electrons. The molecule has 0 aromatic heterocycles. The number of hydrogen-bond donors (Lipinski definition) is 0. The minimum atomic E-state index is -4.25. The first-order chi connectivity index (χ1) is 27.3. The molecule has 0 unspecified atom stereocenters. The van der Waals surface area contributed by atoms with Gasteiger partial charge >= 0.3 is 0 Å². The van der Waals surface area contributed by atoms with Crippen LogP contribution in [0.25, 0.3) is 0 Å². The number of ether oxygens (including phenoxy) is 14. The molecule has 0 aliphatic carbocycles. The van der Waals surface area contributed by atoms with Crippen molar-refractivity contribution in [2.75, 3.05) is 92.5 Å². The first-order valence-electron chi connectivity index (χ1n) is 20.1. The molecule has 0 N–H and O–H groups in total. The van der Waals surface area contributed by atoms with Crippen LogP contribution in [0.2, 0.25) is 0 Å². The molecule has 4 heterocycles. The van der Waals surface area contributed by atoms with E-state index in [9.17, 15) is 8.42 Å². The van der Waals surface area contributed by atoms with E-state index in [1.54, 1.807) is 12.1 Å². The zero-order valence-electron chi connectivity index (χ0n) is 35.6. The van der Waals surface area contributed by atoms with Crippen LogP contribution in [0.5, 0.6) is 0 Å². The number of aryl methyl sites for hydroxylation is 1. The summed E-state index contributed by atoms with van der Waals surface area (Å²) in [6.45, 7) is 19.2. The number of hydrogen-bond acceptors (Lipinski definition) is 17. The zero-order valence-corrected chi connectivity index (χ0v) is 36.4. The third-order valence-corrected chi connectivity index (χ3v) is 11.0. The second-order valence-electron chi connectivity index (χ2n) is 16.8. The van der Waals surface area contributed by atoms with Gasteiger partial charge in [0.1, 0.15) is 42.7 Å². The molecule has 4 aliphatic heterocycles. The lowest BCUT2D eigenvalue weighted by molar-refractivity contribution is -0.287. The third kappa shape index (κ3) is 16.4. The molecule has 4 fully saturated rings. The Labute approximate surface area is 343 Å². The third-order valence-electron chi connectivity index (χ3n) is 9.61. The fraction of sp³-hybridized carbons (Fsp3) is 0.850. The Bertz CT molecular complexity index is 1310. The molecular weight excluding hydrogens is 784 g/mol. The Morgan fingerprint density at radius 3 is 1.03 bits per heavy atom. The van der Waals surface area contributed by atoms with Gasteiger partial charge in [-0.1, -0.05) is 17.7 Å². The fourth-order valence-electron chi connectivity index (χ4n) is 5.89. The standard InChI is InChI=1S/C40H66O17S/c1-28-10-12-36(13-11-28)58(41,42)57-35(18-47-29(14-43-31-20-49-37(2,3)50-21-31)15-44-32-22-51-38(4,5)52-23-32)19-48-30(16-45-33-24-53-39(6,7)54-25-33)17-46-34-26-55-40(8,9)56-27-34/h10-13,29-35H,14-27H2,1-9H3. The molecule has 0 spiro atoms. The van der Waals surface area contributed by atoms with Crippen LogP contribution in [0.1, 0.15) is 61.0 Å². The van der Waals surface area contributed by atoms with E-state index in [1.807, 2.05) is 62.3 Å². The van der Waals surface area contributed by atoms with Gasteiger partial charge in [0.2, 0.25) is 0 Å². The highest BCUT2D eigenvalue weighted by Crippen LogP contribution is 2.24. The SMILES string of the molecule is Cc1ccc(S(=O)(=O)OC(COC(COC2COC(C)(C)OC2)COC2COC(C)(C)OC2)COC(COC2COC(C)(C)OC2)COC2COC(C)(C)OC2)cc1. The summed E-state index contributed by atoms with van der Waals surface area (Å²) < 4.78 is 117. The van der Waals surface area contributed by atoms with Gasteiger partial charge in [0, 0.05) is 0 Å². The molecular formula is C40H66O17S. The second kappa shape index (κ2) is 21.1. The number of benzene rings is 1. The highest BCUT2D eigenvalue weighted by molar-refractivity contribution is 7.86. The first kappa shape index (κ1) is 47.6. The van der Waals surface area contributed by atoms with Crippen LogP contribution >= 0.6 is 0 Å². The van der Waals surface area contributed by atoms with Crippen molar-refractivity contribution in [3.63, 3.8) is 0 Å². The molecule has 4 aliphatic rings. The summed E-state index contributed by atoms with van der Waals surface area (Å²) in [5.41, 5.74) is 0.900. The van der Waals surface area contributed by atoms with Crippen molar-refractivity contribution in [1.29, 1.82) is 0 Å². The van der Waals surface area contributed by atoms with Crippen molar-refractivity contribution in [3.8, 4) is 0 Å². The summed E-state index contributed by atoms with van der Waals surface area (Å²) in [7, 11) is -4.25. The predicted molar refractivity (Wildman–Crippen MR) is 206 cm³/mol. The van der Waals surface area contributed by atoms with Gasteiger partial charge in [-0.25, -0.2) is 0 Å². The van der Waals surface area contributed by atoms with Crippen LogP contribution < -0.4 is 0 Å². The zero-order chi connectivity index (χ0) is 42.0. The smallest absolute Gasteiger partial charge is 0.297 e. The highest BCUT2D eigenvalue weighted by atomic mass is 32.2. The van der Waals surface area contributed by atoms with Crippen LogP contribution in [0, 0.1) is 6.92 Å². The first-order valence-corrected chi connectivity index (χ1v) is 21.5. The van der Waals surface area contributed by atoms with E-state index < -0.39 is 51.6 Å². The monoisotopic (exact) mass is 850 g/mol. The van der Waals surface area contributed by atoms with E-state index in [2.05, 4.69) is 0 Å². The Balaban J connectivity index is 1.26. The Morgan fingerprint density at radius 1 is 0.483 bits per heavy atom. The summed E-state index contributed by atoms with van der Waals surface area (Å²) in [5.74, 6) is -2.84. The molecule has 0 bridgehead atoms. The molecule has 1 aromatic rings. The summed E-state index contributed by atoms with van der Waals surface area (Å²) in [5, 5.41) is 0. The maximum Gasteiger partial charge on any atom is 0.297 e. The van der Waals surface area contributed by atoms with E-state index in [0.29, 0.717) is 52.9 Å². The minimum Gasteiger partial charge on any atom is -0.371 e. The van der Waals surface area contributed by atoms with Crippen molar-refractivity contribution in [2.45, 2.75) is 133 Å². The van der Waals surface area contributed by atoms with Gasteiger partial charge < -0.3 is 66.3 Å². The van der Waals surface area contributed by atoms with Crippen LogP contribution in [-0.2, 0) is 80.6 Å². The molecule has 58 heavy (non-hydrogen) atoms. The Morgan fingerprint density at radius 2 is 0.759 bits per heavy atom. The lowest BCUT2D eigenvalue weighted by Crippen LogP contribution is -2.46. The van der Waals surface area contributed by atoms with Crippen molar-refractivity contribution in [1.82, 2.24) is 0 Å². The van der Waals surface area contributed by atoms with Crippen LogP contribution in [0.3, 0.4) is 0 Å². The maximum atomic E-state index is 13.6. The molecule has 334 valence electrons. The van der Waals surface area contributed by atoms with E-state index in [1.165, 1.54) is 12.1 Å². The van der Waals surface area contributed by atoms with E-state index in [4.69, 9.17) is 70.5 Å². The van der Waals surface area contributed by atoms with Crippen molar-refractivity contribution >= 4 is 10.1 Å². The van der Waals surface area contributed by atoms with E-state index in [-0.39, 0.29) is 69.0 Å². The van der Waals surface area contributed by atoms with Gasteiger partial charge in [-0.15, -0.1) is 0 Å². The van der Waals surface area contributed by atoms with Crippen LogP contribution in [0.4, 0.5) is 0 Å². The van der Waals surface area contributed by atoms with Gasteiger partial charge in [-0.2, -0.15) is 8.42 Å². The van der Waals surface area contributed by atoms with Gasteiger partial charge in [-0.3, -0.25) is 4.18 Å². The van der Waals surface area contributed by atoms with Gasteiger partial charge in [0.15, 0.2) is 23.1 Å². The molecule has 1 aromatic carbocycles. The van der Waals surface area contributed by atoms with E-state index >= 15 is 0 Å². The average Bonchev–Trinajstić information content (AvgIpc) is 3.16. The summed E-state index contributed by atoms with van der Waals surface area (Å²) in [6.07, 6.45) is -3.83. The van der Waals surface area contributed by atoms with Crippen molar-refractivity contribution in [2.24, 2.45) is 0 Å². The second-order valence-corrected chi connectivity index (χ2v) is 18.4. The molecule has 0 amide bonds. The molecule has 0 saturated carbocycles. The Hall–Kier alpha value is -1.43. The lowest BCUT2D eigenvalue weighted by Gasteiger charge is -2.36. The molecule has 17 nitrogen and oxygen atoms in total. The normalized spacial score (nSPS) is 23.6. The number of rotatable bonds is 21. The van der Waals surface area contributed by atoms with Crippen LogP contribution in [-0.4, -0.2) is 167 Å². The van der Waals surface area contributed by atoms with Gasteiger partial charge in [0.05, 0.1) is 97.4 Å². The lowest BCUT2D eigenvalue weighted by atomic mass is 10.2. The topological polar surface area (TPSA) is 173 Å². The molecule has 4 saturated heterocycles. The fourth-order valence-corrected chi connectivity index (χ4v) is 6.94. The minimum absolute atomic E-state index is 0.00424. The Kier molecular flexibility index (Phi) is 17.3. The quantitative estimate of drug-likeness (QED) is 0.164. The van der Waals surface area contributed by atoms with Gasteiger partial charge in [0.25, 0.3) is 10.1 Å². The summed E-state index contributed by atoms with van der Waals surface area (Å²) >= 11 is 0. The van der Waals surface area contributed by atoms with Crippen molar-refractivity contribution in [3.05, 3.63) is 29.8 Å². The van der Waals surface area contributed by atoms with Crippen molar-refractivity contribution < 1.29 is 78.9 Å². The molecule has 5 rings (SSSR count). The predicted octanol–water partition coefficient (Wildman–Crippen LogP) is 3.51. The molecule has 18 heteroatoms. The van der Waals surface area contributed by atoms with Crippen LogP contribution in [0.15, 0.2) is 29.2 Å². The summed E-state index contributed by atoms with van der Waals surface area (Å²) in [4.78, 5) is -0.00424. The average molecular weight is 851 g/mol. The highest BCUT2D eigenvalue weighted by Gasteiger charge is 2.34. The molecule has 0 atom stereocenters. The van der Waals surface area contributed by atoms with Gasteiger partial charge in [-0.05, 0) is 74.4 Å².